The van der Waals surface area contributed by atoms with E-state index in [0.29, 0.717) is 6.04 Å². The Morgan fingerprint density at radius 1 is 1.20 bits per heavy atom. The number of likely N-dealkylation sites (tertiary alicyclic amines) is 1. The van der Waals surface area contributed by atoms with Crippen molar-refractivity contribution in [1.29, 1.82) is 0 Å². The first-order chi connectivity index (χ1) is 7.28. The van der Waals surface area contributed by atoms with Gasteiger partial charge in [-0.3, -0.25) is 0 Å². The van der Waals surface area contributed by atoms with E-state index in [1.807, 2.05) is 0 Å². The van der Waals surface area contributed by atoms with Crippen LogP contribution < -0.4 is 5.32 Å². The molecule has 0 aliphatic carbocycles. The van der Waals surface area contributed by atoms with E-state index in [-0.39, 0.29) is 0 Å². The number of nitrogens with zero attached hydrogens (tertiary/aromatic N) is 2. The fourth-order valence-corrected chi connectivity index (χ4v) is 2.89. The number of hydrogen-bond donors (Lipinski definition) is 1. The highest BCUT2D eigenvalue weighted by molar-refractivity contribution is 4.81. The van der Waals surface area contributed by atoms with Gasteiger partial charge in [0, 0.05) is 38.8 Å². The summed E-state index contributed by atoms with van der Waals surface area (Å²) in [5, 5.41) is 3.50. The van der Waals surface area contributed by atoms with Gasteiger partial charge in [-0.25, -0.2) is 0 Å². The third-order valence-corrected chi connectivity index (χ3v) is 3.79. The summed E-state index contributed by atoms with van der Waals surface area (Å²) in [6.07, 6.45) is 1.41. The zero-order valence-electron chi connectivity index (χ0n) is 10.2. The molecule has 0 bridgehead atoms. The molecule has 88 valence electrons. The van der Waals surface area contributed by atoms with Gasteiger partial charge in [0.1, 0.15) is 0 Å². The minimum absolute atomic E-state index is 0.683. The zero-order valence-corrected chi connectivity index (χ0v) is 10.2. The highest BCUT2D eigenvalue weighted by Crippen LogP contribution is 2.17. The molecule has 2 saturated heterocycles. The van der Waals surface area contributed by atoms with Gasteiger partial charge in [-0.2, -0.15) is 0 Å². The second-order valence-electron chi connectivity index (χ2n) is 5.16. The topological polar surface area (TPSA) is 18.5 Å². The van der Waals surface area contributed by atoms with Crippen molar-refractivity contribution in [3.05, 3.63) is 0 Å². The van der Waals surface area contributed by atoms with Crippen LogP contribution in [-0.4, -0.2) is 61.7 Å². The zero-order chi connectivity index (χ0) is 10.7. The summed E-state index contributed by atoms with van der Waals surface area (Å²) in [6.45, 7) is 13.4. The quantitative estimate of drug-likeness (QED) is 0.738. The number of rotatable bonds is 3. The van der Waals surface area contributed by atoms with Crippen LogP contribution >= 0.6 is 0 Å². The van der Waals surface area contributed by atoms with Gasteiger partial charge in [0.2, 0.25) is 0 Å². The van der Waals surface area contributed by atoms with E-state index in [1.165, 1.54) is 52.2 Å². The molecule has 2 aliphatic rings. The molecule has 0 saturated carbocycles. The molecule has 0 spiro atoms. The third kappa shape index (κ3) is 3.16. The lowest BCUT2D eigenvalue weighted by Crippen LogP contribution is -2.50. The average Bonchev–Trinajstić information content (AvgIpc) is 2.65. The van der Waals surface area contributed by atoms with Crippen LogP contribution in [0.25, 0.3) is 0 Å². The predicted octanol–water partition coefficient (Wildman–Crippen LogP) is 0.622. The molecule has 0 radical (unpaired) electrons. The Bertz CT molecular complexity index is 195. The van der Waals surface area contributed by atoms with Crippen molar-refractivity contribution in [2.24, 2.45) is 5.92 Å². The SMILES string of the molecule is CCN1CCC(CN2CCNC(C)C2)C1. The van der Waals surface area contributed by atoms with Crippen LogP contribution in [0.4, 0.5) is 0 Å². The fourth-order valence-electron chi connectivity index (χ4n) is 2.89. The summed E-state index contributed by atoms with van der Waals surface area (Å²) < 4.78 is 0. The van der Waals surface area contributed by atoms with Gasteiger partial charge >= 0.3 is 0 Å². The molecule has 2 rings (SSSR count). The molecular weight excluding hydrogens is 186 g/mol. The second-order valence-corrected chi connectivity index (χ2v) is 5.16. The van der Waals surface area contributed by atoms with Crippen LogP contribution in [-0.2, 0) is 0 Å². The first kappa shape index (κ1) is 11.4. The maximum absolute atomic E-state index is 3.50. The summed E-state index contributed by atoms with van der Waals surface area (Å²) in [5.41, 5.74) is 0. The van der Waals surface area contributed by atoms with Crippen molar-refractivity contribution in [3.63, 3.8) is 0 Å². The smallest absolute Gasteiger partial charge is 0.0167 e. The molecule has 15 heavy (non-hydrogen) atoms. The van der Waals surface area contributed by atoms with E-state index in [0.717, 1.165) is 5.92 Å². The van der Waals surface area contributed by atoms with Crippen LogP contribution in [0, 0.1) is 5.92 Å². The largest absolute Gasteiger partial charge is 0.312 e. The van der Waals surface area contributed by atoms with Crippen LogP contribution in [0.3, 0.4) is 0 Å². The van der Waals surface area contributed by atoms with Crippen LogP contribution in [0.2, 0.25) is 0 Å². The Labute approximate surface area is 93.8 Å². The number of piperazine rings is 1. The molecule has 2 fully saturated rings. The Hall–Kier alpha value is -0.120. The van der Waals surface area contributed by atoms with Gasteiger partial charge in [0.25, 0.3) is 0 Å². The van der Waals surface area contributed by atoms with Crippen molar-refractivity contribution >= 4 is 0 Å². The Morgan fingerprint density at radius 2 is 2.07 bits per heavy atom. The van der Waals surface area contributed by atoms with E-state index in [1.54, 1.807) is 0 Å². The van der Waals surface area contributed by atoms with Crippen molar-refractivity contribution in [1.82, 2.24) is 15.1 Å². The van der Waals surface area contributed by atoms with Gasteiger partial charge in [0.05, 0.1) is 0 Å². The van der Waals surface area contributed by atoms with Crippen molar-refractivity contribution in [2.75, 3.05) is 45.8 Å². The summed E-state index contributed by atoms with van der Waals surface area (Å²) in [4.78, 5) is 5.22. The lowest BCUT2D eigenvalue weighted by molar-refractivity contribution is 0.178. The molecule has 0 aromatic heterocycles. The molecular formula is C12H25N3. The molecule has 2 heterocycles. The van der Waals surface area contributed by atoms with Crippen LogP contribution in [0.5, 0.6) is 0 Å². The highest BCUT2D eigenvalue weighted by atomic mass is 15.2. The summed E-state index contributed by atoms with van der Waals surface area (Å²) in [5.74, 6) is 0.926. The standard InChI is InChI=1S/C12H25N3/c1-3-14-6-4-12(9-14)10-15-7-5-13-11(2)8-15/h11-13H,3-10H2,1-2H3. The monoisotopic (exact) mass is 211 g/mol. The van der Waals surface area contributed by atoms with E-state index in [4.69, 9.17) is 0 Å². The maximum Gasteiger partial charge on any atom is 0.0167 e. The molecule has 2 atom stereocenters. The Morgan fingerprint density at radius 3 is 2.73 bits per heavy atom. The first-order valence-electron chi connectivity index (χ1n) is 6.46. The summed E-state index contributed by atoms with van der Waals surface area (Å²) in [6, 6.07) is 0.683. The summed E-state index contributed by atoms with van der Waals surface area (Å²) in [7, 11) is 0. The molecule has 0 aromatic carbocycles. The average molecular weight is 211 g/mol. The predicted molar refractivity (Wildman–Crippen MR) is 64.1 cm³/mol. The number of nitrogens with one attached hydrogen (secondary N) is 1. The van der Waals surface area contributed by atoms with E-state index in [2.05, 4.69) is 29.0 Å². The van der Waals surface area contributed by atoms with Crippen LogP contribution in [0.15, 0.2) is 0 Å². The van der Waals surface area contributed by atoms with Gasteiger partial charge in [-0.05, 0) is 32.4 Å². The molecule has 0 amide bonds. The van der Waals surface area contributed by atoms with E-state index < -0.39 is 0 Å². The van der Waals surface area contributed by atoms with Gasteiger partial charge in [-0.15, -0.1) is 0 Å². The lowest BCUT2D eigenvalue weighted by Gasteiger charge is -2.33. The van der Waals surface area contributed by atoms with Crippen molar-refractivity contribution in [2.45, 2.75) is 26.3 Å². The Balaban J connectivity index is 1.72. The van der Waals surface area contributed by atoms with Crippen molar-refractivity contribution < 1.29 is 0 Å². The molecule has 1 N–H and O–H groups in total. The van der Waals surface area contributed by atoms with Gasteiger partial charge in [-0.1, -0.05) is 6.92 Å². The van der Waals surface area contributed by atoms with Gasteiger partial charge < -0.3 is 15.1 Å². The molecule has 3 nitrogen and oxygen atoms in total. The molecule has 3 heteroatoms. The molecule has 2 unspecified atom stereocenters. The fraction of sp³-hybridized carbons (Fsp3) is 1.00. The third-order valence-electron chi connectivity index (χ3n) is 3.79. The minimum Gasteiger partial charge on any atom is -0.312 e. The first-order valence-corrected chi connectivity index (χ1v) is 6.46. The maximum atomic E-state index is 3.50. The summed E-state index contributed by atoms with van der Waals surface area (Å²) >= 11 is 0. The van der Waals surface area contributed by atoms with E-state index in [9.17, 15) is 0 Å². The molecule has 0 aromatic rings. The van der Waals surface area contributed by atoms with E-state index >= 15 is 0 Å². The number of hydrogen-bond acceptors (Lipinski definition) is 3. The highest BCUT2D eigenvalue weighted by Gasteiger charge is 2.24. The van der Waals surface area contributed by atoms with Crippen molar-refractivity contribution in [3.8, 4) is 0 Å². The Kier molecular flexibility index (Phi) is 4.00. The van der Waals surface area contributed by atoms with Crippen LogP contribution in [0.1, 0.15) is 20.3 Å². The second kappa shape index (κ2) is 5.28. The lowest BCUT2D eigenvalue weighted by atomic mass is 10.1. The molecule has 2 aliphatic heterocycles. The normalized spacial score (nSPS) is 34.8. The minimum atomic E-state index is 0.683. The van der Waals surface area contributed by atoms with Gasteiger partial charge in [0.15, 0.2) is 0 Å².